The van der Waals surface area contributed by atoms with E-state index in [1.165, 1.54) is 32.1 Å². The number of halogens is 2. The number of rotatable bonds is 10. The van der Waals surface area contributed by atoms with E-state index < -0.39 is 0 Å². The van der Waals surface area contributed by atoms with Gasteiger partial charge in [0.25, 0.3) is 0 Å². The van der Waals surface area contributed by atoms with Gasteiger partial charge in [0.15, 0.2) is 0 Å². The van der Waals surface area contributed by atoms with Crippen molar-refractivity contribution >= 4 is 27.5 Å². The van der Waals surface area contributed by atoms with Crippen LogP contribution in [0.15, 0.2) is 24.3 Å². The van der Waals surface area contributed by atoms with Crippen LogP contribution < -0.4 is 0 Å². The van der Waals surface area contributed by atoms with E-state index in [0.29, 0.717) is 0 Å². The van der Waals surface area contributed by atoms with Crippen molar-refractivity contribution in [3.8, 4) is 0 Å². The van der Waals surface area contributed by atoms with Gasteiger partial charge in [0.2, 0.25) is 0 Å². The van der Waals surface area contributed by atoms with E-state index >= 15 is 0 Å². The Morgan fingerprint density at radius 3 is 2.47 bits per heavy atom. The molecule has 0 N–H and O–H groups in total. The average Bonchev–Trinajstić information content (AvgIpc) is 2.43. The summed E-state index contributed by atoms with van der Waals surface area (Å²) in [6.45, 7) is 3.06. The highest BCUT2D eigenvalue weighted by molar-refractivity contribution is 9.09. The number of hydrogen-bond acceptors (Lipinski definition) is 1. The quantitative estimate of drug-likeness (QED) is 0.364. The standard InChI is InChI=1S/C16H24BrClO/c1-2-3-4-5-6-9-12-19-16(13-17)14-10-7-8-11-15(14)18/h7-8,10-11,16H,2-6,9,12-13H2,1H3. The Hall–Kier alpha value is -0.0500. The summed E-state index contributed by atoms with van der Waals surface area (Å²) in [7, 11) is 0. The second kappa shape index (κ2) is 10.7. The Bertz CT molecular complexity index is 343. The topological polar surface area (TPSA) is 9.23 Å². The van der Waals surface area contributed by atoms with Crippen LogP contribution >= 0.6 is 27.5 Å². The maximum atomic E-state index is 6.19. The lowest BCUT2D eigenvalue weighted by molar-refractivity contribution is 0.0668. The maximum Gasteiger partial charge on any atom is 0.0935 e. The molecule has 108 valence electrons. The van der Waals surface area contributed by atoms with Crippen molar-refractivity contribution < 1.29 is 4.74 Å². The van der Waals surface area contributed by atoms with Gasteiger partial charge in [-0.05, 0) is 12.5 Å². The molecule has 0 aliphatic heterocycles. The van der Waals surface area contributed by atoms with Crippen LogP contribution in [-0.2, 0) is 4.74 Å². The molecule has 0 radical (unpaired) electrons. The zero-order chi connectivity index (χ0) is 13.9. The Kier molecular flexibility index (Phi) is 9.58. The Morgan fingerprint density at radius 1 is 1.11 bits per heavy atom. The van der Waals surface area contributed by atoms with Crippen LogP contribution in [0, 0.1) is 0 Å². The second-order valence-corrected chi connectivity index (χ2v) is 5.86. The molecule has 1 aromatic rings. The second-order valence-electron chi connectivity index (χ2n) is 4.80. The predicted octanol–water partition coefficient (Wildman–Crippen LogP) is 6.15. The molecule has 0 saturated heterocycles. The molecule has 0 saturated carbocycles. The largest absolute Gasteiger partial charge is 0.373 e. The molecule has 0 aromatic heterocycles. The fourth-order valence-corrected chi connectivity index (χ4v) is 2.85. The molecule has 1 nitrogen and oxygen atoms in total. The zero-order valence-corrected chi connectivity index (χ0v) is 14.0. The van der Waals surface area contributed by atoms with Crippen LogP contribution in [0.4, 0.5) is 0 Å². The number of hydrogen-bond donors (Lipinski definition) is 0. The van der Waals surface area contributed by atoms with Crippen LogP contribution in [-0.4, -0.2) is 11.9 Å². The molecule has 0 spiro atoms. The maximum absolute atomic E-state index is 6.19. The summed E-state index contributed by atoms with van der Waals surface area (Å²) in [4.78, 5) is 0. The minimum absolute atomic E-state index is 0.0596. The van der Waals surface area contributed by atoms with Crippen LogP contribution in [0.3, 0.4) is 0 Å². The minimum atomic E-state index is 0.0596. The van der Waals surface area contributed by atoms with Gasteiger partial charge in [-0.25, -0.2) is 0 Å². The molecule has 0 amide bonds. The summed E-state index contributed by atoms with van der Waals surface area (Å²) in [5.74, 6) is 0. The van der Waals surface area contributed by atoms with Gasteiger partial charge in [0.1, 0.15) is 0 Å². The minimum Gasteiger partial charge on any atom is -0.373 e. The molecule has 0 aliphatic rings. The first kappa shape index (κ1) is 17.0. The molecule has 1 aromatic carbocycles. The molecule has 1 unspecified atom stereocenters. The molecular weight excluding hydrogens is 324 g/mol. The Balaban J connectivity index is 2.24. The van der Waals surface area contributed by atoms with E-state index in [2.05, 4.69) is 22.9 Å². The van der Waals surface area contributed by atoms with E-state index in [1.807, 2.05) is 24.3 Å². The number of unbranched alkanes of at least 4 members (excludes halogenated alkanes) is 5. The van der Waals surface area contributed by atoms with Gasteiger partial charge in [0, 0.05) is 22.5 Å². The van der Waals surface area contributed by atoms with Gasteiger partial charge in [-0.15, -0.1) is 0 Å². The summed E-state index contributed by atoms with van der Waals surface area (Å²) in [5.41, 5.74) is 1.08. The Labute approximate surface area is 130 Å². The molecule has 19 heavy (non-hydrogen) atoms. The lowest BCUT2D eigenvalue weighted by Gasteiger charge is -2.17. The summed E-state index contributed by atoms with van der Waals surface area (Å²) in [6.07, 6.45) is 7.78. The highest BCUT2D eigenvalue weighted by Gasteiger charge is 2.13. The molecule has 1 rings (SSSR count). The summed E-state index contributed by atoms with van der Waals surface area (Å²) in [5, 5.41) is 1.57. The SMILES string of the molecule is CCCCCCCCOC(CBr)c1ccccc1Cl. The van der Waals surface area contributed by atoms with E-state index in [9.17, 15) is 0 Å². The smallest absolute Gasteiger partial charge is 0.0935 e. The van der Waals surface area contributed by atoms with Crippen molar-refractivity contribution in [2.75, 3.05) is 11.9 Å². The van der Waals surface area contributed by atoms with Crippen molar-refractivity contribution in [3.05, 3.63) is 34.9 Å². The molecule has 0 heterocycles. The first-order chi connectivity index (χ1) is 9.29. The first-order valence-corrected chi connectivity index (χ1v) is 8.71. The fraction of sp³-hybridized carbons (Fsp3) is 0.625. The molecule has 0 aliphatic carbocycles. The van der Waals surface area contributed by atoms with Gasteiger partial charge in [-0.1, -0.05) is 84.8 Å². The molecule has 0 fully saturated rings. The third kappa shape index (κ3) is 6.78. The molecule has 3 heteroatoms. The highest BCUT2D eigenvalue weighted by Crippen LogP contribution is 2.27. The normalized spacial score (nSPS) is 12.6. The molecular formula is C16H24BrClO. The van der Waals surface area contributed by atoms with Gasteiger partial charge >= 0.3 is 0 Å². The number of alkyl halides is 1. The zero-order valence-electron chi connectivity index (χ0n) is 11.7. The van der Waals surface area contributed by atoms with E-state index in [1.54, 1.807) is 0 Å². The summed E-state index contributed by atoms with van der Waals surface area (Å²) in [6, 6.07) is 7.91. The van der Waals surface area contributed by atoms with E-state index in [4.69, 9.17) is 16.3 Å². The van der Waals surface area contributed by atoms with Gasteiger partial charge in [0.05, 0.1) is 6.10 Å². The third-order valence-electron chi connectivity index (χ3n) is 3.21. The lowest BCUT2D eigenvalue weighted by Crippen LogP contribution is -2.07. The van der Waals surface area contributed by atoms with Crippen molar-refractivity contribution in [3.63, 3.8) is 0 Å². The van der Waals surface area contributed by atoms with Crippen LogP contribution in [0.5, 0.6) is 0 Å². The summed E-state index contributed by atoms with van der Waals surface area (Å²) < 4.78 is 5.93. The average molecular weight is 348 g/mol. The van der Waals surface area contributed by atoms with Crippen molar-refractivity contribution in [2.24, 2.45) is 0 Å². The van der Waals surface area contributed by atoms with E-state index in [-0.39, 0.29) is 6.10 Å². The molecule has 1 atom stereocenters. The van der Waals surface area contributed by atoms with Crippen LogP contribution in [0.25, 0.3) is 0 Å². The summed E-state index contributed by atoms with van der Waals surface area (Å²) >= 11 is 9.70. The number of ether oxygens (including phenoxy) is 1. The predicted molar refractivity (Wildman–Crippen MR) is 87.3 cm³/mol. The van der Waals surface area contributed by atoms with Gasteiger partial charge in [-0.2, -0.15) is 0 Å². The van der Waals surface area contributed by atoms with Crippen molar-refractivity contribution in [1.82, 2.24) is 0 Å². The first-order valence-electron chi connectivity index (χ1n) is 7.21. The monoisotopic (exact) mass is 346 g/mol. The highest BCUT2D eigenvalue weighted by atomic mass is 79.9. The Morgan fingerprint density at radius 2 is 1.79 bits per heavy atom. The van der Waals surface area contributed by atoms with E-state index in [0.717, 1.165) is 28.9 Å². The molecule has 0 bridgehead atoms. The van der Waals surface area contributed by atoms with Gasteiger partial charge < -0.3 is 4.74 Å². The lowest BCUT2D eigenvalue weighted by atomic mass is 10.1. The number of benzene rings is 1. The fourth-order valence-electron chi connectivity index (χ4n) is 2.06. The van der Waals surface area contributed by atoms with Crippen molar-refractivity contribution in [1.29, 1.82) is 0 Å². The third-order valence-corrected chi connectivity index (χ3v) is 4.14. The van der Waals surface area contributed by atoms with Gasteiger partial charge in [-0.3, -0.25) is 0 Å². The van der Waals surface area contributed by atoms with Crippen molar-refractivity contribution in [2.45, 2.75) is 51.6 Å². The van der Waals surface area contributed by atoms with Crippen LogP contribution in [0.2, 0.25) is 5.02 Å². The van der Waals surface area contributed by atoms with Crippen LogP contribution in [0.1, 0.15) is 57.1 Å².